The van der Waals surface area contributed by atoms with Crippen molar-refractivity contribution in [2.24, 2.45) is 0 Å². The van der Waals surface area contributed by atoms with Crippen LogP contribution in [0, 0.1) is 0 Å². The van der Waals surface area contributed by atoms with Crippen molar-refractivity contribution in [3.8, 4) is 0 Å². The Kier molecular flexibility index (Phi) is 42.4. The van der Waals surface area contributed by atoms with Crippen molar-refractivity contribution in [2.45, 2.75) is 0 Å². The summed E-state index contributed by atoms with van der Waals surface area (Å²) in [4.78, 5) is 44.4. The van der Waals surface area contributed by atoms with Crippen molar-refractivity contribution in [3.05, 3.63) is 0 Å². The molecule has 0 atom stereocenters. The van der Waals surface area contributed by atoms with Gasteiger partial charge < -0.3 is 20.4 Å². The fourth-order valence-electron chi connectivity index (χ4n) is 1.48. The Hall–Kier alpha value is 3.06. The average Bonchev–Trinajstić information content (AvgIpc) is 2.22. The van der Waals surface area contributed by atoms with Gasteiger partial charge in [0.2, 0.25) is 0 Å². The van der Waals surface area contributed by atoms with E-state index in [1.807, 2.05) is 0 Å². The quantitative estimate of drug-likeness (QED) is 0.233. The van der Waals surface area contributed by atoms with Crippen LogP contribution in [-0.2, 0) is 19.2 Å². The van der Waals surface area contributed by atoms with Crippen molar-refractivity contribution in [1.82, 2.24) is 9.80 Å². The van der Waals surface area contributed by atoms with Crippen LogP contribution in [0.4, 0.5) is 0 Å². The predicted molar refractivity (Wildman–Crippen MR) is 101 cm³/mol. The molecule has 0 radical (unpaired) electrons. The molecule has 0 aliphatic rings. The summed E-state index contributed by atoms with van der Waals surface area (Å²) in [5.74, 6) is -4.91. The summed E-state index contributed by atoms with van der Waals surface area (Å²) in [5, 5.41) is 34.5. The molecule has 0 aliphatic heterocycles. The molecule has 0 aromatic rings. The number of hydrogen-bond acceptors (Lipinski definition) is 6. The van der Waals surface area contributed by atoms with Crippen molar-refractivity contribution in [1.29, 1.82) is 0 Å². The third-order valence-corrected chi connectivity index (χ3v) is 2.17. The van der Waals surface area contributed by atoms with E-state index < -0.39 is 50.1 Å². The zero-order valence-corrected chi connectivity index (χ0v) is 10.6. The van der Waals surface area contributed by atoms with E-state index in [1.165, 1.54) is 0 Å². The molecule has 0 aliphatic carbocycles. The number of carboxylic acid groups (broad SMARTS) is 4. The molecule has 0 aromatic heterocycles. The molecule has 4 N–H and O–H groups in total. The molecule has 0 saturated heterocycles. The predicted octanol–water partition coefficient (Wildman–Crippen LogP) is -5.58. The fraction of sp³-hybridized carbons (Fsp3) is 0.600. The molecule has 0 spiro atoms. The van der Waals surface area contributed by atoms with Crippen molar-refractivity contribution < 1.29 is 39.6 Å². The van der Waals surface area contributed by atoms with E-state index in [0.717, 1.165) is 9.80 Å². The van der Waals surface area contributed by atoms with Gasteiger partial charge in [-0.05, 0) is 0 Å². The number of nitrogens with zero attached hydrogens (tertiary/aromatic N) is 2. The second-order valence-corrected chi connectivity index (χ2v) is 4.00. The Labute approximate surface area is 263 Å². The molecule has 0 bridgehead atoms. The van der Waals surface area contributed by atoms with Crippen molar-refractivity contribution in [2.75, 3.05) is 39.3 Å². The average molecular weight is 430 g/mol. The van der Waals surface area contributed by atoms with E-state index in [4.69, 9.17) is 20.4 Å². The Balaban J connectivity index is -0.000000180. The summed E-state index contributed by atoms with van der Waals surface area (Å²) in [6.07, 6.45) is 0. The van der Waals surface area contributed by atoms with E-state index in [0.29, 0.717) is 0 Å². The van der Waals surface area contributed by atoms with E-state index in [1.54, 1.807) is 0 Å². The molecule has 15 heteroatoms. The minimum absolute atomic E-state index is 0. The van der Waals surface area contributed by atoms with Crippen LogP contribution in [0.15, 0.2) is 0 Å². The van der Waals surface area contributed by atoms with Gasteiger partial charge in [0, 0.05) is 13.1 Å². The van der Waals surface area contributed by atoms with Crippen LogP contribution >= 0.6 is 0 Å². The Morgan fingerprint density at radius 1 is 0.520 bits per heavy atom. The topological polar surface area (TPSA) is 156 Å². The van der Waals surface area contributed by atoms with Crippen molar-refractivity contribution >= 4 is 180 Å². The van der Waals surface area contributed by atoms with Crippen LogP contribution in [0.25, 0.3) is 0 Å². The van der Waals surface area contributed by atoms with Crippen LogP contribution < -0.4 is 0 Å². The SMILES string of the molecule is O=C(O)CN(CCN(CC(=O)O)CC(=O)O)CC(=O)O.[CaH2].[NaH].[NaH].[NaH].[NaH]. The number of hydrogen-bond donors (Lipinski definition) is 4. The second kappa shape index (κ2) is 25.1. The van der Waals surface area contributed by atoms with Gasteiger partial charge in [-0.3, -0.25) is 29.0 Å². The van der Waals surface area contributed by atoms with Gasteiger partial charge in [0.1, 0.15) is 0 Å². The summed E-state index contributed by atoms with van der Waals surface area (Å²) < 4.78 is 0. The molecule has 0 fully saturated rings. The first-order chi connectivity index (χ1) is 9.20. The zero-order chi connectivity index (χ0) is 15.7. The van der Waals surface area contributed by atoms with Gasteiger partial charge in [-0.2, -0.15) is 0 Å². The van der Waals surface area contributed by atoms with Crippen LogP contribution in [0.2, 0.25) is 0 Å². The molecule has 0 unspecified atom stereocenters. The molecular formula is C10H22CaN2Na4O8. The van der Waals surface area contributed by atoms with Gasteiger partial charge in [-0.15, -0.1) is 0 Å². The van der Waals surface area contributed by atoms with E-state index in [2.05, 4.69) is 0 Å². The molecule has 25 heavy (non-hydrogen) atoms. The number of rotatable bonds is 11. The van der Waals surface area contributed by atoms with Crippen molar-refractivity contribution in [3.63, 3.8) is 0 Å². The van der Waals surface area contributed by atoms with Gasteiger partial charge in [-0.1, -0.05) is 0 Å². The molecule has 10 nitrogen and oxygen atoms in total. The number of aliphatic carboxylic acids is 4. The Morgan fingerprint density at radius 3 is 0.800 bits per heavy atom. The maximum atomic E-state index is 10.6. The normalized spacial score (nSPS) is 8.56. The van der Waals surface area contributed by atoms with E-state index in [-0.39, 0.29) is 169 Å². The van der Waals surface area contributed by atoms with E-state index in [9.17, 15) is 19.2 Å². The summed E-state index contributed by atoms with van der Waals surface area (Å²) in [5.41, 5.74) is 0. The third kappa shape index (κ3) is 29.4. The van der Waals surface area contributed by atoms with Gasteiger partial charge in [-0.25, -0.2) is 0 Å². The molecule has 0 heterocycles. The van der Waals surface area contributed by atoms with Gasteiger partial charge in [0.05, 0.1) is 26.2 Å². The monoisotopic (exact) mass is 430 g/mol. The van der Waals surface area contributed by atoms with Crippen LogP contribution in [0.1, 0.15) is 0 Å². The number of carboxylic acids is 4. The molecule has 0 rings (SSSR count). The first-order valence-electron chi connectivity index (χ1n) is 5.52. The molecule has 0 aromatic carbocycles. The first kappa shape index (κ1) is 42.2. The summed E-state index contributed by atoms with van der Waals surface area (Å²) in [6.45, 7) is -2.25. The van der Waals surface area contributed by atoms with Gasteiger partial charge in [0.25, 0.3) is 0 Å². The Morgan fingerprint density at radius 2 is 0.680 bits per heavy atom. The first-order valence-corrected chi connectivity index (χ1v) is 5.52. The number of carbonyl (C=O) groups is 4. The van der Waals surface area contributed by atoms with E-state index >= 15 is 0 Å². The van der Waals surface area contributed by atoms with Crippen LogP contribution in [0.5, 0.6) is 0 Å². The maximum absolute atomic E-state index is 10.6. The zero-order valence-electron chi connectivity index (χ0n) is 10.6. The molecule has 126 valence electrons. The molecular weight excluding hydrogens is 408 g/mol. The molecule has 0 amide bonds. The summed E-state index contributed by atoms with van der Waals surface area (Å²) in [6, 6.07) is 0. The van der Waals surface area contributed by atoms with Crippen LogP contribution in [0.3, 0.4) is 0 Å². The minimum atomic E-state index is -1.23. The van der Waals surface area contributed by atoms with Crippen LogP contribution in [-0.4, -0.2) is 249 Å². The Bertz CT molecular complexity index is 337. The van der Waals surface area contributed by atoms with Gasteiger partial charge >= 0.3 is 180 Å². The fourth-order valence-corrected chi connectivity index (χ4v) is 1.48. The summed E-state index contributed by atoms with van der Waals surface area (Å²) >= 11 is 0. The molecule has 0 saturated carbocycles. The summed E-state index contributed by atoms with van der Waals surface area (Å²) in [7, 11) is 0. The third-order valence-electron chi connectivity index (χ3n) is 2.17. The second-order valence-electron chi connectivity index (χ2n) is 4.00. The van der Waals surface area contributed by atoms with Gasteiger partial charge in [0.15, 0.2) is 0 Å². The standard InChI is InChI=1S/C10H16N2O8.Ca.4Na.6H/c13-7(14)3-11(4-8(15)16)1-2-12(5-9(17)18)6-10(19)20;;;;;;;;;;;/h1-6H2,(H,13,14)(H,15,16)(H,17,18)(H,19,20);;;;;;;;;;;.